The predicted octanol–water partition coefficient (Wildman–Crippen LogP) is 2.15. The maximum atomic E-state index is 13.5. The molecule has 160 valence electrons. The van der Waals surface area contributed by atoms with E-state index in [1.54, 1.807) is 18.7 Å². The Hall–Kier alpha value is -2.33. The van der Waals surface area contributed by atoms with Gasteiger partial charge in [-0.2, -0.15) is 23.3 Å². The smallest absolute Gasteiger partial charge is 0.411 e. The second kappa shape index (κ2) is 6.88. The number of halogens is 3. The summed E-state index contributed by atoms with van der Waals surface area (Å²) >= 11 is 0. The largest absolute Gasteiger partial charge is 0.459 e. The molecule has 0 bridgehead atoms. The number of carbonyl (C=O) groups is 2. The van der Waals surface area contributed by atoms with Crippen molar-refractivity contribution in [3.8, 4) is 0 Å². The van der Waals surface area contributed by atoms with Gasteiger partial charge in [0.05, 0.1) is 12.3 Å². The first kappa shape index (κ1) is 20.0. The number of carbonyl (C=O) groups excluding carboxylic acids is 2. The van der Waals surface area contributed by atoms with E-state index in [9.17, 15) is 22.8 Å². The number of rotatable bonds is 2. The van der Waals surface area contributed by atoms with Crippen molar-refractivity contribution >= 4 is 17.8 Å². The SMILES string of the molecule is CC1(C)OC(=O)C[C@H]1C(=O)N1CCC[C@@H]([C@@H]2C[C@H](C(F)(F)F)n3ncnc3N2)C1. The first-order chi connectivity index (χ1) is 13.6. The number of esters is 1. The molecule has 0 spiro atoms. The van der Waals surface area contributed by atoms with E-state index in [-0.39, 0.29) is 30.6 Å². The zero-order valence-electron chi connectivity index (χ0n) is 16.3. The molecule has 0 aliphatic carbocycles. The Morgan fingerprint density at radius 2 is 2.14 bits per heavy atom. The molecule has 11 heteroatoms. The Morgan fingerprint density at radius 3 is 2.79 bits per heavy atom. The maximum Gasteiger partial charge on any atom is 0.411 e. The van der Waals surface area contributed by atoms with E-state index < -0.39 is 35.7 Å². The lowest BCUT2D eigenvalue weighted by atomic mass is 9.84. The minimum absolute atomic E-state index is 0.0356. The van der Waals surface area contributed by atoms with Gasteiger partial charge in [0, 0.05) is 19.1 Å². The number of aromatic nitrogens is 3. The predicted molar refractivity (Wildman–Crippen MR) is 94.7 cm³/mol. The zero-order valence-corrected chi connectivity index (χ0v) is 16.3. The van der Waals surface area contributed by atoms with Gasteiger partial charge in [0.15, 0.2) is 6.04 Å². The van der Waals surface area contributed by atoms with Crippen LogP contribution < -0.4 is 5.32 Å². The van der Waals surface area contributed by atoms with Crippen LogP contribution in [0, 0.1) is 11.8 Å². The lowest BCUT2D eigenvalue weighted by Crippen LogP contribution is -2.51. The van der Waals surface area contributed by atoms with Crippen LogP contribution in [0.3, 0.4) is 0 Å². The van der Waals surface area contributed by atoms with Crippen molar-refractivity contribution in [2.75, 3.05) is 18.4 Å². The van der Waals surface area contributed by atoms with Crippen LogP contribution in [0.4, 0.5) is 19.1 Å². The van der Waals surface area contributed by atoms with E-state index in [1.165, 1.54) is 0 Å². The number of nitrogens with zero attached hydrogens (tertiary/aromatic N) is 4. The molecule has 3 aliphatic heterocycles. The lowest BCUT2D eigenvalue weighted by molar-refractivity contribution is -0.175. The highest BCUT2D eigenvalue weighted by Crippen LogP contribution is 2.41. The molecule has 0 unspecified atom stereocenters. The average molecular weight is 415 g/mol. The van der Waals surface area contributed by atoms with Crippen molar-refractivity contribution in [2.45, 2.75) is 63.4 Å². The van der Waals surface area contributed by atoms with Gasteiger partial charge in [0.25, 0.3) is 0 Å². The van der Waals surface area contributed by atoms with Crippen molar-refractivity contribution in [1.82, 2.24) is 19.7 Å². The highest BCUT2D eigenvalue weighted by atomic mass is 19.4. The molecule has 1 aromatic rings. The van der Waals surface area contributed by atoms with Crippen molar-refractivity contribution in [2.24, 2.45) is 11.8 Å². The first-order valence-corrected chi connectivity index (χ1v) is 9.79. The highest BCUT2D eigenvalue weighted by Gasteiger charge is 2.50. The molecular weight excluding hydrogens is 391 g/mol. The Labute approximate surface area is 165 Å². The van der Waals surface area contributed by atoms with Gasteiger partial charge in [0.1, 0.15) is 11.9 Å². The summed E-state index contributed by atoms with van der Waals surface area (Å²) in [6, 6.07) is -2.21. The molecular formula is C18H24F3N5O3. The Balaban J connectivity index is 1.49. The van der Waals surface area contributed by atoms with Crippen LogP contribution in [-0.2, 0) is 14.3 Å². The van der Waals surface area contributed by atoms with Crippen molar-refractivity contribution in [1.29, 1.82) is 0 Å². The highest BCUT2D eigenvalue weighted by molar-refractivity contribution is 5.87. The Bertz CT molecular complexity index is 809. The monoisotopic (exact) mass is 415 g/mol. The molecule has 1 N–H and O–H groups in total. The number of piperidine rings is 1. The van der Waals surface area contributed by atoms with E-state index >= 15 is 0 Å². The number of anilines is 1. The van der Waals surface area contributed by atoms with E-state index in [1.807, 2.05) is 0 Å². The second-order valence-corrected chi connectivity index (χ2v) is 8.59. The van der Waals surface area contributed by atoms with E-state index in [0.29, 0.717) is 25.9 Å². The molecule has 3 aliphatic rings. The standard InChI is InChI=1S/C18H24F3N5O3/c1-17(2)11(6-14(27)29-17)15(28)25-5-3-4-10(8-25)12-7-13(18(19,20)21)26-16(24-12)22-9-23-26/h9-13H,3-8H2,1-2H3,(H,22,23,24)/t10-,11+,12+,13-/m1/s1. The van der Waals surface area contributed by atoms with Gasteiger partial charge in [-0.25, -0.2) is 4.68 Å². The van der Waals surface area contributed by atoms with Crippen molar-refractivity contribution in [3.63, 3.8) is 0 Å². The fraction of sp³-hybridized carbons (Fsp3) is 0.778. The van der Waals surface area contributed by atoms with Crippen LogP contribution >= 0.6 is 0 Å². The molecule has 4 heterocycles. The van der Waals surface area contributed by atoms with Gasteiger partial charge in [-0.05, 0) is 39.0 Å². The zero-order chi connectivity index (χ0) is 21.0. The van der Waals surface area contributed by atoms with Crippen LogP contribution in [0.25, 0.3) is 0 Å². The van der Waals surface area contributed by atoms with Crippen molar-refractivity contribution < 1.29 is 27.5 Å². The summed E-state index contributed by atoms with van der Waals surface area (Å²) < 4.78 is 46.8. The molecule has 8 nitrogen and oxygen atoms in total. The molecule has 2 fully saturated rings. The molecule has 0 radical (unpaired) electrons. The summed E-state index contributed by atoms with van der Waals surface area (Å²) in [4.78, 5) is 30.3. The number of cyclic esters (lactones) is 1. The number of alkyl halides is 3. The van der Waals surface area contributed by atoms with Crippen LogP contribution in [-0.4, -0.2) is 62.4 Å². The molecule has 0 aromatic carbocycles. The van der Waals surface area contributed by atoms with Crippen LogP contribution in [0.5, 0.6) is 0 Å². The van der Waals surface area contributed by atoms with Gasteiger partial charge in [-0.15, -0.1) is 0 Å². The number of fused-ring (bicyclic) bond motifs is 1. The fourth-order valence-electron chi connectivity index (χ4n) is 4.69. The fourth-order valence-corrected chi connectivity index (χ4v) is 4.69. The number of hydrogen-bond acceptors (Lipinski definition) is 6. The maximum absolute atomic E-state index is 13.5. The van der Waals surface area contributed by atoms with E-state index in [0.717, 1.165) is 11.0 Å². The molecule has 0 saturated carbocycles. The topological polar surface area (TPSA) is 89.4 Å². The number of hydrogen-bond donors (Lipinski definition) is 1. The Morgan fingerprint density at radius 1 is 1.38 bits per heavy atom. The summed E-state index contributed by atoms with van der Waals surface area (Å²) in [6.07, 6.45) is -2.04. The van der Waals surface area contributed by atoms with Gasteiger partial charge in [-0.3, -0.25) is 9.59 Å². The van der Waals surface area contributed by atoms with E-state index in [2.05, 4.69) is 15.4 Å². The first-order valence-electron chi connectivity index (χ1n) is 9.79. The Kier molecular flexibility index (Phi) is 4.73. The van der Waals surface area contributed by atoms with Crippen LogP contribution in [0.15, 0.2) is 6.33 Å². The molecule has 1 amide bonds. The molecule has 1 aromatic heterocycles. The minimum atomic E-state index is -4.43. The number of ether oxygens (including phenoxy) is 1. The lowest BCUT2D eigenvalue weighted by Gasteiger charge is -2.42. The molecule has 2 saturated heterocycles. The summed E-state index contributed by atoms with van der Waals surface area (Å²) in [5, 5.41) is 6.79. The van der Waals surface area contributed by atoms with E-state index in [4.69, 9.17) is 4.74 Å². The van der Waals surface area contributed by atoms with Crippen LogP contribution in [0.2, 0.25) is 0 Å². The summed E-state index contributed by atoms with van der Waals surface area (Å²) in [5.41, 5.74) is -0.873. The van der Waals surface area contributed by atoms with Crippen LogP contribution in [0.1, 0.15) is 45.6 Å². The number of amides is 1. The minimum Gasteiger partial charge on any atom is -0.459 e. The summed E-state index contributed by atoms with van der Waals surface area (Å²) in [6.45, 7) is 4.30. The number of likely N-dealkylation sites (tertiary alicyclic amines) is 1. The van der Waals surface area contributed by atoms with Gasteiger partial charge in [0.2, 0.25) is 11.9 Å². The van der Waals surface area contributed by atoms with Gasteiger partial charge < -0.3 is 15.0 Å². The third-order valence-corrected chi connectivity index (χ3v) is 6.26. The van der Waals surface area contributed by atoms with Gasteiger partial charge in [-0.1, -0.05) is 0 Å². The third-order valence-electron chi connectivity index (χ3n) is 6.26. The average Bonchev–Trinajstić information content (AvgIpc) is 3.22. The van der Waals surface area contributed by atoms with Gasteiger partial charge >= 0.3 is 12.1 Å². The van der Waals surface area contributed by atoms with Crippen molar-refractivity contribution in [3.05, 3.63) is 6.33 Å². The summed E-state index contributed by atoms with van der Waals surface area (Å²) in [7, 11) is 0. The molecule has 29 heavy (non-hydrogen) atoms. The summed E-state index contributed by atoms with van der Waals surface area (Å²) in [5.74, 6) is -1.19. The quantitative estimate of drug-likeness (QED) is 0.745. The molecule has 4 atom stereocenters. The molecule has 4 rings (SSSR count). The second-order valence-electron chi connectivity index (χ2n) is 8.59. The normalized spacial score (nSPS) is 31.8. The number of nitrogens with one attached hydrogen (secondary N) is 1. The third kappa shape index (κ3) is 3.66.